The second-order valence-corrected chi connectivity index (χ2v) is 11.1. The Labute approximate surface area is 175 Å². The van der Waals surface area contributed by atoms with Gasteiger partial charge in [0, 0.05) is 18.5 Å². The smallest absolute Gasteiger partial charge is 0.330 e. The van der Waals surface area contributed by atoms with Gasteiger partial charge in [-0.15, -0.1) is 11.3 Å². The highest BCUT2D eigenvalue weighted by molar-refractivity contribution is 7.85. The first-order valence-corrected chi connectivity index (χ1v) is 12.0. The fraction of sp³-hybridized carbons (Fsp3) is 0.722. The molecular formula is C18H29N3O6S2. The second-order valence-electron chi connectivity index (χ2n) is 8.53. The number of amides is 2. The Hall–Kier alpha value is -1.72. The van der Waals surface area contributed by atoms with Gasteiger partial charge in [0.15, 0.2) is 0 Å². The van der Waals surface area contributed by atoms with E-state index in [1.54, 1.807) is 10.3 Å². The first-order chi connectivity index (χ1) is 13.2. The molecule has 1 aliphatic heterocycles. The molecule has 1 aromatic rings. The average Bonchev–Trinajstić information content (AvgIpc) is 3.13. The van der Waals surface area contributed by atoms with E-state index in [0.717, 1.165) is 6.26 Å². The van der Waals surface area contributed by atoms with E-state index in [1.165, 1.54) is 16.2 Å². The van der Waals surface area contributed by atoms with Crippen LogP contribution in [0, 0.1) is 11.3 Å². The molecule has 164 valence electrons. The summed E-state index contributed by atoms with van der Waals surface area (Å²) in [6.07, 6.45) is 0.970. The van der Waals surface area contributed by atoms with Crippen LogP contribution in [0.25, 0.3) is 0 Å². The summed E-state index contributed by atoms with van der Waals surface area (Å²) in [5.41, 5.74) is -1.40. The van der Waals surface area contributed by atoms with Crippen LogP contribution in [0.15, 0.2) is 5.38 Å². The van der Waals surface area contributed by atoms with Crippen molar-refractivity contribution in [1.82, 2.24) is 14.8 Å². The molecule has 2 rings (SSSR count). The van der Waals surface area contributed by atoms with Gasteiger partial charge in [-0.25, -0.2) is 14.6 Å². The maximum atomic E-state index is 13.1. The van der Waals surface area contributed by atoms with E-state index in [1.807, 2.05) is 34.6 Å². The number of carboxylic acid groups (broad SMARTS) is 1. The van der Waals surface area contributed by atoms with Crippen LogP contribution in [0.4, 0.5) is 4.79 Å². The lowest BCUT2D eigenvalue weighted by Crippen LogP contribution is -2.66. The quantitative estimate of drug-likeness (QED) is 0.608. The van der Waals surface area contributed by atoms with Crippen LogP contribution < -0.4 is 0 Å². The molecule has 9 nitrogen and oxygen atoms in total. The third kappa shape index (κ3) is 4.72. The van der Waals surface area contributed by atoms with Gasteiger partial charge in [-0.3, -0.25) is 4.18 Å². The minimum atomic E-state index is -3.56. The summed E-state index contributed by atoms with van der Waals surface area (Å²) in [5.74, 6) is -1.30. The van der Waals surface area contributed by atoms with Crippen molar-refractivity contribution in [1.29, 1.82) is 0 Å². The largest absolute Gasteiger partial charge is 0.479 e. The second kappa shape index (κ2) is 8.19. The van der Waals surface area contributed by atoms with E-state index in [-0.39, 0.29) is 25.1 Å². The highest BCUT2D eigenvalue weighted by atomic mass is 32.2. The Morgan fingerprint density at radius 3 is 2.45 bits per heavy atom. The molecule has 0 radical (unpaired) electrons. The first-order valence-electron chi connectivity index (χ1n) is 9.27. The summed E-state index contributed by atoms with van der Waals surface area (Å²) < 4.78 is 26.9. The van der Waals surface area contributed by atoms with Gasteiger partial charge in [0.2, 0.25) is 0 Å². The molecule has 0 aliphatic carbocycles. The van der Waals surface area contributed by atoms with Crippen LogP contribution in [0.3, 0.4) is 0 Å². The lowest BCUT2D eigenvalue weighted by molar-refractivity contribution is -0.161. The molecule has 29 heavy (non-hydrogen) atoms. The van der Waals surface area contributed by atoms with E-state index < -0.39 is 27.0 Å². The highest BCUT2D eigenvalue weighted by Gasteiger charge is 2.59. The number of carbonyl (C=O) groups is 2. The molecule has 2 amide bonds. The molecule has 0 aromatic carbocycles. The highest BCUT2D eigenvalue weighted by Crippen LogP contribution is 2.43. The predicted octanol–water partition coefficient (Wildman–Crippen LogP) is 2.38. The molecule has 1 aromatic heterocycles. The molecule has 1 atom stereocenters. The predicted molar refractivity (Wildman–Crippen MR) is 109 cm³/mol. The maximum absolute atomic E-state index is 13.1. The topological polar surface area (TPSA) is 117 Å². The van der Waals surface area contributed by atoms with Gasteiger partial charge in [0.25, 0.3) is 10.1 Å². The third-order valence-electron chi connectivity index (χ3n) is 5.17. The number of carboxylic acids is 1. The molecule has 0 bridgehead atoms. The van der Waals surface area contributed by atoms with Gasteiger partial charge < -0.3 is 14.9 Å². The van der Waals surface area contributed by atoms with Crippen molar-refractivity contribution < 1.29 is 27.3 Å². The number of aliphatic carboxylic acids is 1. The molecule has 2 heterocycles. The molecule has 1 unspecified atom stereocenters. The zero-order valence-electron chi connectivity index (χ0n) is 17.6. The average molecular weight is 448 g/mol. The molecule has 0 saturated carbocycles. The molecule has 0 spiro atoms. The number of urea groups is 1. The number of rotatable bonds is 8. The van der Waals surface area contributed by atoms with Gasteiger partial charge in [0.05, 0.1) is 18.5 Å². The van der Waals surface area contributed by atoms with E-state index in [2.05, 4.69) is 4.98 Å². The molecule has 1 aliphatic rings. The van der Waals surface area contributed by atoms with Gasteiger partial charge in [0.1, 0.15) is 17.2 Å². The number of hydrogen-bond donors (Lipinski definition) is 1. The van der Waals surface area contributed by atoms with Crippen LogP contribution in [-0.2, 0) is 32.2 Å². The number of thiazole rings is 1. The van der Waals surface area contributed by atoms with Gasteiger partial charge in [-0.2, -0.15) is 8.42 Å². The number of aromatic nitrogens is 1. The minimum absolute atomic E-state index is 0.150. The fourth-order valence-electron chi connectivity index (χ4n) is 4.16. The van der Waals surface area contributed by atoms with Crippen molar-refractivity contribution in [2.45, 2.75) is 53.3 Å². The Morgan fingerprint density at radius 2 is 1.97 bits per heavy atom. The summed E-state index contributed by atoms with van der Waals surface area (Å²) >= 11 is 1.25. The Kier molecular flexibility index (Phi) is 6.65. The number of carbonyl (C=O) groups excluding carboxylic acids is 1. The van der Waals surface area contributed by atoms with E-state index in [9.17, 15) is 23.1 Å². The van der Waals surface area contributed by atoms with E-state index >= 15 is 0 Å². The summed E-state index contributed by atoms with van der Waals surface area (Å²) in [6.45, 7) is 9.94. The van der Waals surface area contributed by atoms with Crippen molar-refractivity contribution in [3.8, 4) is 0 Å². The standard InChI is InChI=1S/C18H29N3O6S2/c1-12(2)18(15(22)23,17(3,4)5)21-8-7-20(16(21)24)9-13-11-28-14(19-13)10-27-29(6,25)26/h11-12H,7-10H2,1-6H3,(H,22,23). The Balaban J connectivity index is 2.19. The Bertz CT molecular complexity index is 874. The lowest BCUT2D eigenvalue weighted by atomic mass is 9.66. The van der Waals surface area contributed by atoms with Crippen molar-refractivity contribution in [2.75, 3.05) is 19.3 Å². The summed E-state index contributed by atoms with van der Waals surface area (Å²) in [7, 11) is -3.56. The van der Waals surface area contributed by atoms with Gasteiger partial charge in [-0.1, -0.05) is 34.6 Å². The van der Waals surface area contributed by atoms with Crippen LogP contribution in [0.1, 0.15) is 45.3 Å². The SMILES string of the molecule is CC(C)C(C(=O)O)(N1CCN(Cc2csc(COS(C)(=O)=O)n2)C1=O)C(C)(C)C. The number of hydrogen-bond acceptors (Lipinski definition) is 7. The first kappa shape index (κ1) is 23.6. The number of nitrogens with zero attached hydrogens (tertiary/aromatic N) is 3. The van der Waals surface area contributed by atoms with E-state index in [4.69, 9.17) is 4.18 Å². The zero-order chi connectivity index (χ0) is 22.2. The molecule has 1 N–H and O–H groups in total. The van der Waals surface area contributed by atoms with Crippen LogP contribution in [0.5, 0.6) is 0 Å². The molecule has 1 saturated heterocycles. The maximum Gasteiger partial charge on any atom is 0.330 e. The van der Waals surface area contributed by atoms with Crippen molar-refractivity contribution >= 4 is 33.5 Å². The van der Waals surface area contributed by atoms with Crippen molar-refractivity contribution in [3.05, 3.63) is 16.1 Å². The normalized spacial score (nSPS) is 17.8. The minimum Gasteiger partial charge on any atom is -0.479 e. The van der Waals surface area contributed by atoms with E-state index in [0.29, 0.717) is 23.8 Å². The lowest BCUT2D eigenvalue weighted by Gasteiger charge is -2.49. The van der Waals surface area contributed by atoms with Crippen LogP contribution in [-0.4, -0.2) is 65.2 Å². The summed E-state index contributed by atoms with van der Waals surface area (Å²) in [6, 6.07) is -0.335. The van der Waals surface area contributed by atoms with Crippen LogP contribution >= 0.6 is 11.3 Å². The zero-order valence-corrected chi connectivity index (χ0v) is 19.3. The Morgan fingerprint density at radius 1 is 1.34 bits per heavy atom. The molecule has 11 heteroatoms. The van der Waals surface area contributed by atoms with Gasteiger partial charge in [-0.05, 0) is 11.3 Å². The van der Waals surface area contributed by atoms with Crippen LogP contribution in [0.2, 0.25) is 0 Å². The van der Waals surface area contributed by atoms with Crippen molar-refractivity contribution in [3.63, 3.8) is 0 Å². The molecular weight excluding hydrogens is 418 g/mol. The summed E-state index contributed by atoms with van der Waals surface area (Å²) in [4.78, 5) is 32.9. The molecule has 1 fully saturated rings. The summed E-state index contributed by atoms with van der Waals surface area (Å²) in [5, 5.41) is 12.4. The third-order valence-corrected chi connectivity index (χ3v) is 6.59. The fourth-order valence-corrected chi connectivity index (χ4v) is 5.26. The van der Waals surface area contributed by atoms with Gasteiger partial charge >= 0.3 is 12.0 Å². The monoisotopic (exact) mass is 447 g/mol. The van der Waals surface area contributed by atoms with Crippen molar-refractivity contribution in [2.24, 2.45) is 11.3 Å².